The van der Waals surface area contributed by atoms with E-state index in [0.29, 0.717) is 5.82 Å². The molecule has 4 heteroatoms. The van der Waals surface area contributed by atoms with Crippen LogP contribution < -0.4 is 5.73 Å². The van der Waals surface area contributed by atoms with E-state index in [4.69, 9.17) is 5.73 Å². The minimum atomic E-state index is -0.316. The lowest BCUT2D eigenvalue weighted by atomic mass is 9.99. The summed E-state index contributed by atoms with van der Waals surface area (Å²) in [6.45, 7) is 4.06. The molecule has 78 valence electrons. The molecule has 1 atom stereocenters. The molecule has 0 spiro atoms. The predicted octanol–water partition coefficient (Wildman–Crippen LogP) is 1.73. The average Bonchev–Trinajstić information content (AvgIpc) is 2.74. The largest absolute Gasteiger partial charge is 0.343 e. The lowest BCUT2D eigenvalue weighted by Crippen LogP contribution is -2.15. The lowest BCUT2D eigenvalue weighted by molar-refractivity contribution is 0.407. The van der Waals surface area contributed by atoms with E-state index in [1.165, 1.54) is 12.0 Å². The van der Waals surface area contributed by atoms with Crippen LogP contribution >= 0.6 is 0 Å². The summed E-state index contributed by atoms with van der Waals surface area (Å²) in [5, 5.41) is 3.75. The highest BCUT2D eigenvalue weighted by molar-refractivity contribution is 5.35. The topological polar surface area (TPSA) is 64.9 Å². The minimum absolute atomic E-state index is 0.316. The highest BCUT2D eigenvalue weighted by atomic mass is 16.5. The van der Waals surface area contributed by atoms with Gasteiger partial charge in [-0.15, -0.1) is 0 Å². The van der Waals surface area contributed by atoms with Gasteiger partial charge in [0.05, 0.1) is 6.04 Å². The maximum absolute atomic E-state index is 6.05. The van der Waals surface area contributed by atoms with Crippen LogP contribution in [0, 0.1) is 13.8 Å². The molecule has 1 unspecified atom stereocenters. The molecule has 1 heterocycles. The van der Waals surface area contributed by atoms with Gasteiger partial charge < -0.3 is 10.3 Å². The Morgan fingerprint density at radius 1 is 1.33 bits per heavy atom. The zero-order valence-electron chi connectivity index (χ0n) is 8.77. The number of nitrogens with two attached hydrogens (primary N) is 1. The normalized spacial score (nSPS) is 12.7. The van der Waals surface area contributed by atoms with E-state index in [9.17, 15) is 0 Å². The Bertz CT molecular complexity index is 451. The summed E-state index contributed by atoms with van der Waals surface area (Å²) in [5.41, 5.74) is 9.40. The summed E-state index contributed by atoms with van der Waals surface area (Å²) >= 11 is 0. The van der Waals surface area contributed by atoms with E-state index >= 15 is 0 Å². The van der Waals surface area contributed by atoms with Crippen molar-refractivity contribution in [3.05, 3.63) is 47.1 Å². The van der Waals surface area contributed by atoms with Crippen LogP contribution in [-0.4, -0.2) is 10.1 Å². The first-order chi connectivity index (χ1) is 7.18. The number of rotatable bonds is 2. The highest BCUT2D eigenvalue weighted by Gasteiger charge is 2.15. The predicted molar refractivity (Wildman–Crippen MR) is 56.2 cm³/mol. The second-order valence-electron chi connectivity index (χ2n) is 3.63. The monoisotopic (exact) mass is 203 g/mol. The number of nitrogens with zero attached hydrogens (tertiary/aromatic N) is 2. The maximum atomic E-state index is 6.05. The summed E-state index contributed by atoms with van der Waals surface area (Å²) in [7, 11) is 0. The number of hydrogen-bond acceptors (Lipinski definition) is 4. The molecule has 0 aliphatic rings. The molecule has 0 fully saturated rings. The number of aryl methyl sites for hydroxylation is 2. The zero-order chi connectivity index (χ0) is 10.8. The summed E-state index contributed by atoms with van der Waals surface area (Å²) in [6, 6.07) is 5.84. The van der Waals surface area contributed by atoms with E-state index in [-0.39, 0.29) is 6.04 Å². The Morgan fingerprint density at radius 3 is 2.80 bits per heavy atom. The lowest BCUT2D eigenvalue weighted by Gasteiger charge is -2.11. The molecule has 1 aromatic carbocycles. The van der Waals surface area contributed by atoms with E-state index < -0.39 is 0 Å². The zero-order valence-corrected chi connectivity index (χ0v) is 8.77. The Balaban J connectivity index is 2.41. The first-order valence-corrected chi connectivity index (χ1v) is 4.77. The van der Waals surface area contributed by atoms with E-state index in [1.54, 1.807) is 0 Å². The van der Waals surface area contributed by atoms with Gasteiger partial charge >= 0.3 is 0 Å². The first-order valence-electron chi connectivity index (χ1n) is 4.77. The van der Waals surface area contributed by atoms with Gasteiger partial charge in [-0.05, 0) is 25.0 Å². The average molecular weight is 203 g/mol. The van der Waals surface area contributed by atoms with Crippen LogP contribution in [0.4, 0.5) is 0 Å². The van der Waals surface area contributed by atoms with Crippen molar-refractivity contribution >= 4 is 0 Å². The van der Waals surface area contributed by atoms with Gasteiger partial charge in [-0.2, -0.15) is 4.98 Å². The van der Waals surface area contributed by atoms with Crippen LogP contribution in [0.5, 0.6) is 0 Å². The fourth-order valence-electron chi connectivity index (χ4n) is 1.55. The van der Waals surface area contributed by atoms with Gasteiger partial charge in [-0.1, -0.05) is 28.9 Å². The third-order valence-corrected chi connectivity index (χ3v) is 2.43. The molecule has 0 saturated heterocycles. The third-order valence-electron chi connectivity index (χ3n) is 2.43. The van der Waals surface area contributed by atoms with Crippen molar-refractivity contribution in [1.82, 2.24) is 10.1 Å². The van der Waals surface area contributed by atoms with Crippen LogP contribution in [0.25, 0.3) is 0 Å². The SMILES string of the molecule is Cc1ccc(C)c(C(N)c2ncon2)c1. The van der Waals surface area contributed by atoms with Gasteiger partial charge in [-0.3, -0.25) is 0 Å². The Labute approximate surface area is 88.1 Å². The molecule has 2 aromatic rings. The van der Waals surface area contributed by atoms with Crippen molar-refractivity contribution in [2.24, 2.45) is 5.73 Å². The van der Waals surface area contributed by atoms with Crippen LogP contribution in [0.1, 0.15) is 28.6 Å². The van der Waals surface area contributed by atoms with Crippen LogP contribution in [0.3, 0.4) is 0 Å². The molecule has 0 radical (unpaired) electrons. The molecule has 4 nitrogen and oxygen atoms in total. The molecule has 0 aliphatic carbocycles. The van der Waals surface area contributed by atoms with Gasteiger partial charge in [-0.25, -0.2) is 0 Å². The smallest absolute Gasteiger partial charge is 0.213 e. The number of hydrogen-bond donors (Lipinski definition) is 1. The maximum Gasteiger partial charge on any atom is 0.213 e. The van der Waals surface area contributed by atoms with Gasteiger partial charge in [0, 0.05) is 0 Å². The Kier molecular flexibility index (Phi) is 2.51. The molecule has 0 aliphatic heterocycles. The second-order valence-corrected chi connectivity index (χ2v) is 3.63. The quantitative estimate of drug-likeness (QED) is 0.807. The second kappa shape index (κ2) is 3.82. The molecule has 15 heavy (non-hydrogen) atoms. The van der Waals surface area contributed by atoms with E-state index in [2.05, 4.69) is 26.8 Å². The van der Waals surface area contributed by atoms with Gasteiger partial charge in [0.1, 0.15) is 0 Å². The van der Waals surface area contributed by atoms with Crippen molar-refractivity contribution < 1.29 is 4.52 Å². The van der Waals surface area contributed by atoms with Crippen molar-refractivity contribution in [2.45, 2.75) is 19.9 Å². The Hall–Kier alpha value is -1.68. The summed E-state index contributed by atoms with van der Waals surface area (Å²) in [4.78, 5) is 3.96. The van der Waals surface area contributed by atoms with Gasteiger partial charge in [0.15, 0.2) is 5.82 Å². The van der Waals surface area contributed by atoms with Crippen molar-refractivity contribution in [3.8, 4) is 0 Å². The molecule has 0 bridgehead atoms. The Morgan fingerprint density at radius 2 is 2.13 bits per heavy atom. The summed E-state index contributed by atoms with van der Waals surface area (Å²) < 4.78 is 4.69. The van der Waals surface area contributed by atoms with E-state index in [1.807, 2.05) is 19.9 Å². The third kappa shape index (κ3) is 1.89. The minimum Gasteiger partial charge on any atom is -0.343 e. The van der Waals surface area contributed by atoms with Gasteiger partial charge in [0.25, 0.3) is 0 Å². The van der Waals surface area contributed by atoms with Crippen molar-refractivity contribution in [2.75, 3.05) is 0 Å². The highest BCUT2D eigenvalue weighted by Crippen LogP contribution is 2.21. The van der Waals surface area contributed by atoms with Crippen molar-refractivity contribution in [3.63, 3.8) is 0 Å². The van der Waals surface area contributed by atoms with Crippen molar-refractivity contribution in [1.29, 1.82) is 0 Å². The first kappa shape index (κ1) is 9.86. The fourth-order valence-corrected chi connectivity index (χ4v) is 1.55. The molecule has 2 rings (SSSR count). The molecule has 0 amide bonds. The van der Waals surface area contributed by atoms with Gasteiger partial charge in [0.2, 0.25) is 6.39 Å². The van der Waals surface area contributed by atoms with Crippen LogP contribution in [0.15, 0.2) is 29.1 Å². The fraction of sp³-hybridized carbons (Fsp3) is 0.273. The van der Waals surface area contributed by atoms with E-state index in [0.717, 1.165) is 11.1 Å². The molecule has 0 saturated carbocycles. The number of benzene rings is 1. The molecular formula is C11H13N3O. The standard InChI is InChI=1S/C11H13N3O/c1-7-3-4-8(2)9(5-7)10(12)11-13-6-15-14-11/h3-6,10H,12H2,1-2H3. The van der Waals surface area contributed by atoms with Crippen LogP contribution in [0.2, 0.25) is 0 Å². The molecule has 2 N–H and O–H groups in total. The molecular weight excluding hydrogens is 190 g/mol. The summed E-state index contributed by atoms with van der Waals surface area (Å²) in [6.07, 6.45) is 1.29. The number of aromatic nitrogens is 2. The van der Waals surface area contributed by atoms with Crippen LogP contribution in [-0.2, 0) is 0 Å². The summed E-state index contributed by atoms with van der Waals surface area (Å²) in [5.74, 6) is 0.517. The molecule has 1 aromatic heterocycles.